The van der Waals surface area contributed by atoms with Crippen molar-refractivity contribution in [3.8, 4) is 0 Å². The molecule has 19 heavy (non-hydrogen) atoms. The first kappa shape index (κ1) is 14.2. The summed E-state index contributed by atoms with van der Waals surface area (Å²) in [7, 11) is 0. The number of hydrogen-bond donors (Lipinski definition) is 1. The predicted octanol–water partition coefficient (Wildman–Crippen LogP) is 1.15. The second-order valence-electron chi connectivity index (χ2n) is 4.68. The maximum atomic E-state index is 10.7. The van der Waals surface area contributed by atoms with Crippen LogP contribution in [0.2, 0.25) is 0 Å². The van der Waals surface area contributed by atoms with Gasteiger partial charge in [0.05, 0.1) is 43.9 Å². The number of aliphatic carboxylic acids is 1. The van der Waals surface area contributed by atoms with Crippen LogP contribution >= 0.6 is 11.8 Å². The van der Waals surface area contributed by atoms with Gasteiger partial charge in [-0.25, -0.2) is 9.66 Å². The third-order valence-corrected chi connectivity index (χ3v) is 3.85. The molecular weight excluding hydrogens is 266 g/mol. The van der Waals surface area contributed by atoms with Gasteiger partial charge in [-0.05, 0) is 5.92 Å². The molecule has 1 saturated heterocycles. The highest BCUT2D eigenvalue weighted by Gasteiger charge is 2.20. The second-order valence-corrected chi connectivity index (χ2v) is 5.62. The molecule has 1 aromatic rings. The zero-order valence-corrected chi connectivity index (χ0v) is 12.0. The van der Waals surface area contributed by atoms with Gasteiger partial charge in [-0.3, -0.25) is 4.79 Å². The average molecular weight is 285 g/mol. The third-order valence-electron chi connectivity index (χ3n) is 2.92. The molecular formula is C12H19N3O3S. The molecule has 0 aliphatic carbocycles. The second kappa shape index (κ2) is 6.29. The van der Waals surface area contributed by atoms with Crippen LogP contribution in [0.15, 0.2) is 11.4 Å². The molecule has 0 unspecified atom stereocenters. The maximum Gasteiger partial charge on any atom is 0.313 e. The molecule has 6 nitrogen and oxygen atoms in total. The number of nitrogens with zero attached hydrogens (tertiary/aromatic N) is 3. The molecule has 0 bridgehead atoms. The first-order valence-electron chi connectivity index (χ1n) is 6.34. The van der Waals surface area contributed by atoms with Gasteiger partial charge in [0.2, 0.25) is 0 Å². The molecule has 1 fully saturated rings. The molecule has 2 heterocycles. The Labute approximate surface area is 116 Å². The molecule has 0 aromatic carbocycles. The lowest BCUT2D eigenvalue weighted by Gasteiger charge is -2.32. The van der Waals surface area contributed by atoms with Crippen molar-refractivity contribution >= 4 is 17.7 Å². The minimum Gasteiger partial charge on any atom is -0.481 e. The van der Waals surface area contributed by atoms with Crippen molar-refractivity contribution in [3.05, 3.63) is 11.9 Å². The molecule has 0 radical (unpaired) electrons. The number of carboxylic acid groups (broad SMARTS) is 1. The van der Waals surface area contributed by atoms with E-state index in [-0.39, 0.29) is 5.75 Å². The Balaban J connectivity index is 2.24. The molecule has 106 valence electrons. The van der Waals surface area contributed by atoms with Crippen LogP contribution in [-0.4, -0.2) is 52.8 Å². The number of rotatable bonds is 5. The Morgan fingerprint density at radius 3 is 2.79 bits per heavy atom. The SMILES string of the molecule is CC(C)c1cnc(SCC(=O)O)n1N1CCOCC1. The van der Waals surface area contributed by atoms with Crippen molar-refractivity contribution in [2.75, 3.05) is 37.1 Å². The third kappa shape index (κ3) is 3.42. The van der Waals surface area contributed by atoms with E-state index < -0.39 is 5.97 Å². The van der Waals surface area contributed by atoms with E-state index in [0.717, 1.165) is 23.9 Å². The molecule has 1 aliphatic rings. The number of hydrogen-bond acceptors (Lipinski definition) is 5. The van der Waals surface area contributed by atoms with E-state index in [1.807, 2.05) is 6.20 Å². The summed E-state index contributed by atoms with van der Waals surface area (Å²) >= 11 is 1.26. The number of ether oxygens (including phenoxy) is 1. The first-order chi connectivity index (χ1) is 9.09. The van der Waals surface area contributed by atoms with Crippen molar-refractivity contribution in [3.63, 3.8) is 0 Å². The average Bonchev–Trinajstić information content (AvgIpc) is 2.81. The van der Waals surface area contributed by atoms with Crippen molar-refractivity contribution in [1.29, 1.82) is 0 Å². The maximum absolute atomic E-state index is 10.7. The lowest BCUT2D eigenvalue weighted by molar-refractivity contribution is -0.133. The van der Waals surface area contributed by atoms with Crippen LogP contribution in [-0.2, 0) is 9.53 Å². The first-order valence-corrected chi connectivity index (χ1v) is 7.33. The molecule has 0 amide bonds. The Morgan fingerprint density at radius 1 is 1.53 bits per heavy atom. The smallest absolute Gasteiger partial charge is 0.313 e. The molecule has 2 rings (SSSR count). The van der Waals surface area contributed by atoms with Gasteiger partial charge in [0.15, 0.2) is 5.16 Å². The Morgan fingerprint density at radius 2 is 2.21 bits per heavy atom. The summed E-state index contributed by atoms with van der Waals surface area (Å²) in [4.78, 5) is 15.1. The summed E-state index contributed by atoms with van der Waals surface area (Å²) in [6.45, 7) is 7.21. The Bertz CT molecular complexity index is 441. The highest BCUT2D eigenvalue weighted by atomic mass is 32.2. The summed E-state index contributed by atoms with van der Waals surface area (Å²) in [6, 6.07) is 0. The molecule has 1 aliphatic heterocycles. The van der Waals surface area contributed by atoms with Crippen LogP contribution < -0.4 is 5.01 Å². The number of carbonyl (C=O) groups is 1. The summed E-state index contributed by atoms with van der Waals surface area (Å²) < 4.78 is 7.42. The van der Waals surface area contributed by atoms with Gasteiger partial charge >= 0.3 is 5.97 Å². The summed E-state index contributed by atoms with van der Waals surface area (Å²) in [5.41, 5.74) is 1.11. The van der Waals surface area contributed by atoms with Gasteiger partial charge in [-0.2, -0.15) is 0 Å². The highest BCUT2D eigenvalue weighted by Crippen LogP contribution is 2.24. The minimum absolute atomic E-state index is 0.0267. The normalized spacial score (nSPS) is 16.1. The van der Waals surface area contributed by atoms with Crippen molar-refractivity contribution < 1.29 is 14.6 Å². The molecule has 0 spiro atoms. The van der Waals surface area contributed by atoms with Crippen molar-refractivity contribution in [1.82, 2.24) is 9.66 Å². The Kier molecular flexibility index (Phi) is 4.71. The predicted molar refractivity (Wildman–Crippen MR) is 73.4 cm³/mol. The molecule has 7 heteroatoms. The number of thioether (sulfide) groups is 1. The zero-order valence-electron chi connectivity index (χ0n) is 11.2. The lowest BCUT2D eigenvalue weighted by Crippen LogP contribution is -2.45. The van der Waals surface area contributed by atoms with E-state index in [1.165, 1.54) is 11.8 Å². The lowest BCUT2D eigenvalue weighted by atomic mass is 10.1. The molecule has 1 aromatic heterocycles. The summed E-state index contributed by atoms with van der Waals surface area (Å²) in [6.07, 6.45) is 1.84. The van der Waals surface area contributed by atoms with Gasteiger partial charge in [0, 0.05) is 0 Å². The minimum atomic E-state index is -0.826. The zero-order chi connectivity index (χ0) is 13.8. The van der Waals surface area contributed by atoms with Crippen LogP contribution in [0, 0.1) is 0 Å². The molecule has 1 N–H and O–H groups in total. The van der Waals surface area contributed by atoms with Crippen molar-refractivity contribution in [2.24, 2.45) is 0 Å². The van der Waals surface area contributed by atoms with E-state index in [1.54, 1.807) is 0 Å². The van der Waals surface area contributed by atoms with Crippen LogP contribution in [0.25, 0.3) is 0 Å². The quantitative estimate of drug-likeness (QED) is 0.819. The van der Waals surface area contributed by atoms with Gasteiger partial charge < -0.3 is 14.9 Å². The van der Waals surface area contributed by atoms with Gasteiger partial charge in [-0.15, -0.1) is 0 Å². The van der Waals surface area contributed by atoms with Crippen LogP contribution in [0.5, 0.6) is 0 Å². The molecule has 0 atom stereocenters. The van der Waals surface area contributed by atoms with Crippen LogP contribution in [0.4, 0.5) is 0 Å². The van der Waals surface area contributed by atoms with E-state index in [2.05, 4.69) is 28.5 Å². The monoisotopic (exact) mass is 285 g/mol. The fraction of sp³-hybridized carbons (Fsp3) is 0.667. The highest BCUT2D eigenvalue weighted by molar-refractivity contribution is 7.99. The van der Waals surface area contributed by atoms with Crippen LogP contribution in [0.3, 0.4) is 0 Å². The van der Waals surface area contributed by atoms with Gasteiger partial charge in [0.25, 0.3) is 0 Å². The fourth-order valence-electron chi connectivity index (χ4n) is 2.00. The van der Waals surface area contributed by atoms with E-state index in [4.69, 9.17) is 9.84 Å². The largest absolute Gasteiger partial charge is 0.481 e. The van der Waals surface area contributed by atoms with Gasteiger partial charge in [0.1, 0.15) is 0 Å². The number of imidazole rings is 1. The van der Waals surface area contributed by atoms with E-state index in [0.29, 0.717) is 19.1 Å². The number of morpholine rings is 1. The standard InChI is InChI=1S/C12H19N3O3S/c1-9(2)10-7-13-12(19-8-11(16)17)15(10)14-3-5-18-6-4-14/h7,9H,3-6,8H2,1-2H3,(H,16,17). The van der Waals surface area contributed by atoms with Crippen LogP contribution in [0.1, 0.15) is 25.5 Å². The van der Waals surface area contributed by atoms with Crippen molar-refractivity contribution in [2.45, 2.75) is 24.9 Å². The Hall–Kier alpha value is -1.21. The summed E-state index contributed by atoms with van der Waals surface area (Å²) in [5.74, 6) is -0.457. The van der Waals surface area contributed by atoms with E-state index >= 15 is 0 Å². The summed E-state index contributed by atoms with van der Waals surface area (Å²) in [5, 5.41) is 11.7. The molecule has 0 saturated carbocycles. The number of aromatic nitrogens is 2. The topological polar surface area (TPSA) is 67.6 Å². The fourth-order valence-corrected chi connectivity index (χ4v) is 2.72. The van der Waals surface area contributed by atoms with Gasteiger partial charge in [-0.1, -0.05) is 25.6 Å². The number of carboxylic acids is 1. The van der Waals surface area contributed by atoms with E-state index in [9.17, 15) is 4.79 Å².